The number of nitrogens with zero attached hydrogens (tertiary/aromatic N) is 1. The van der Waals surface area contributed by atoms with Gasteiger partial charge in [0, 0.05) is 6.07 Å². The Morgan fingerprint density at radius 3 is 2.54 bits per heavy atom. The maximum Gasteiger partial charge on any atom is 0.294 e. The lowest BCUT2D eigenvalue weighted by atomic mass is 10.2. The van der Waals surface area contributed by atoms with Gasteiger partial charge in [-0.2, -0.15) is 0 Å². The van der Waals surface area contributed by atoms with Crippen molar-refractivity contribution in [2.24, 2.45) is 0 Å². The summed E-state index contributed by atoms with van der Waals surface area (Å²) in [6.45, 7) is 1.70. The molecule has 0 atom stereocenters. The Balaban J connectivity index is 1.85. The van der Waals surface area contributed by atoms with E-state index in [-0.39, 0.29) is 15.7 Å². The van der Waals surface area contributed by atoms with E-state index in [0.29, 0.717) is 11.4 Å². The zero-order chi connectivity index (χ0) is 17.2. The van der Waals surface area contributed by atoms with Crippen molar-refractivity contribution in [1.29, 1.82) is 0 Å². The van der Waals surface area contributed by atoms with E-state index in [1.807, 2.05) is 0 Å². The van der Waals surface area contributed by atoms with Crippen LogP contribution in [0.25, 0.3) is 0 Å². The van der Waals surface area contributed by atoms with Gasteiger partial charge < -0.3 is 9.84 Å². The van der Waals surface area contributed by atoms with E-state index in [2.05, 4.69) is 15.2 Å². The third-order valence-electron chi connectivity index (χ3n) is 3.03. The normalized spacial score (nSPS) is 11.2. The van der Waals surface area contributed by atoms with Crippen molar-refractivity contribution in [3.63, 3.8) is 0 Å². The molecule has 0 bridgehead atoms. The number of anilines is 2. The van der Waals surface area contributed by atoms with Crippen molar-refractivity contribution in [2.75, 3.05) is 10.0 Å². The summed E-state index contributed by atoms with van der Waals surface area (Å²) in [5.74, 6) is -0.471. The third-order valence-corrected chi connectivity index (χ3v) is 5.79. The van der Waals surface area contributed by atoms with Crippen molar-refractivity contribution in [3.8, 4) is 0 Å². The van der Waals surface area contributed by atoms with E-state index in [1.165, 1.54) is 12.1 Å². The summed E-state index contributed by atoms with van der Waals surface area (Å²) in [4.78, 5) is 12.2. The molecule has 124 valence electrons. The summed E-state index contributed by atoms with van der Waals surface area (Å²) in [5.41, 5.74) is 1.15. The molecule has 0 saturated heterocycles. The number of nitrogens with one attached hydrogen (secondary N) is 2. The van der Waals surface area contributed by atoms with Crippen LogP contribution in [0.5, 0.6) is 0 Å². The number of carbonyl (C=O) groups is 1. The van der Waals surface area contributed by atoms with Crippen molar-refractivity contribution < 1.29 is 17.7 Å². The molecule has 9 heteroatoms. The van der Waals surface area contributed by atoms with Gasteiger partial charge in [-0.15, -0.1) is 11.3 Å². The zero-order valence-corrected chi connectivity index (χ0v) is 14.1. The highest BCUT2D eigenvalue weighted by Gasteiger charge is 2.19. The molecule has 0 aliphatic carbocycles. The molecule has 3 aromatic rings. The number of rotatable bonds is 5. The van der Waals surface area contributed by atoms with Crippen LogP contribution >= 0.6 is 11.3 Å². The number of hydrogen-bond acceptors (Lipinski definition) is 6. The summed E-state index contributed by atoms with van der Waals surface area (Å²) < 4.78 is 32.2. The van der Waals surface area contributed by atoms with Gasteiger partial charge in [0.1, 0.15) is 4.21 Å². The molecule has 2 N–H and O–H groups in total. The molecule has 0 fully saturated rings. The maximum absolute atomic E-state index is 12.3. The van der Waals surface area contributed by atoms with Gasteiger partial charge in [0.25, 0.3) is 15.9 Å². The summed E-state index contributed by atoms with van der Waals surface area (Å²) in [6, 6.07) is 11.2. The molecule has 1 aromatic carbocycles. The van der Waals surface area contributed by atoms with Crippen molar-refractivity contribution in [2.45, 2.75) is 11.1 Å². The lowest BCUT2D eigenvalue weighted by molar-refractivity contribution is 0.0988. The Morgan fingerprint density at radius 1 is 1.17 bits per heavy atom. The fourth-order valence-electron chi connectivity index (χ4n) is 1.95. The molecule has 2 heterocycles. The fraction of sp³-hybridized carbons (Fsp3) is 0.0667. The average Bonchev–Trinajstić information content (AvgIpc) is 3.20. The number of hydrogen-bond donors (Lipinski definition) is 2. The number of aryl methyl sites for hydroxylation is 1. The van der Waals surface area contributed by atoms with Gasteiger partial charge in [-0.25, -0.2) is 8.42 Å². The Morgan fingerprint density at radius 2 is 1.92 bits per heavy atom. The van der Waals surface area contributed by atoms with Crippen LogP contribution in [0.3, 0.4) is 0 Å². The van der Waals surface area contributed by atoms with Crippen LogP contribution < -0.4 is 10.0 Å². The average molecular weight is 363 g/mol. The molecule has 0 spiro atoms. The molecule has 1 amide bonds. The second kappa shape index (κ2) is 6.46. The van der Waals surface area contributed by atoms with Crippen LogP contribution in [-0.4, -0.2) is 19.5 Å². The third kappa shape index (κ3) is 3.47. The van der Waals surface area contributed by atoms with Gasteiger partial charge in [-0.3, -0.25) is 9.52 Å². The van der Waals surface area contributed by atoms with Crippen LogP contribution in [0.15, 0.2) is 56.6 Å². The first-order chi connectivity index (χ1) is 11.5. The SMILES string of the molecule is Cc1cc(C(=O)Nc2ccccc2NS(=O)(=O)c2cccs2)on1. The predicted octanol–water partition coefficient (Wildman–Crippen LogP) is 3.10. The topological polar surface area (TPSA) is 101 Å². The van der Waals surface area contributed by atoms with E-state index < -0.39 is 15.9 Å². The van der Waals surface area contributed by atoms with E-state index >= 15 is 0 Å². The molecule has 0 aliphatic heterocycles. The van der Waals surface area contributed by atoms with Gasteiger partial charge in [-0.1, -0.05) is 23.4 Å². The van der Waals surface area contributed by atoms with Crippen molar-refractivity contribution in [1.82, 2.24) is 5.16 Å². The predicted molar refractivity (Wildman–Crippen MR) is 90.8 cm³/mol. The van der Waals surface area contributed by atoms with E-state index in [9.17, 15) is 13.2 Å². The molecular formula is C15H13N3O4S2. The minimum Gasteiger partial charge on any atom is -0.351 e. The molecule has 0 unspecified atom stereocenters. The molecule has 24 heavy (non-hydrogen) atoms. The molecule has 0 aliphatic rings. The van der Waals surface area contributed by atoms with E-state index in [1.54, 1.807) is 42.6 Å². The molecule has 0 radical (unpaired) electrons. The number of benzene rings is 1. The van der Waals surface area contributed by atoms with Crippen LogP contribution in [0, 0.1) is 6.92 Å². The number of para-hydroxylation sites is 2. The number of sulfonamides is 1. The van der Waals surface area contributed by atoms with Gasteiger partial charge in [0.2, 0.25) is 5.76 Å². The standard InChI is InChI=1S/C15H13N3O4S2/c1-10-9-13(22-17-10)15(19)16-11-5-2-3-6-12(11)18-24(20,21)14-7-4-8-23-14/h2-9,18H,1H3,(H,16,19). The van der Waals surface area contributed by atoms with Crippen LogP contribution in [-0.2, 0) is 10.0 Å². The lowest BCUT2D eigenvalue weighted by Crippen LogP contribution is -2.16. The Hall–Kier alpha value is -2.65. The Kier molecular flexibility index (Phi) is 4.36. The Labute approximate surface area is 142 Å². The number of aromatic nitrogens is 1. The lowest BCUT2D eigenvalue weighted by Gasteiger charge is -2.12. The number of amides is 1. The molecule has 7 nitrogen and oxygen atoms in total. The smallest absolute Gasteiger partial charge is 0.294 e. The highest BCUT2D eigenvalue weighted by atomic mass is 32.2. The first-order valence-electron chi connectivity index (χ1n) is 6.86. The maximum atomic E-state index is 12.3. The van der Waals surface area contributed by atoms with Crippen molar-refractivity contribution in [3.05, 3.63) is 59.3 Å². The minimum absolute atomic E-state index is 0.0448. The monoisotopic (exact) mass is 363 g/mol. The largest absolute Gasteiger partial charge is 0.351 e. The summed E-state index contributed by atoms with van der Waals surface area (Å²) >= 11 is 1.11. The summed E-state index contributed by atoms with van der Waals surface area (Å²) in [7, 11) is -3.71. The number of carbonyl (C=O) groups excluding carboxylic acids is 1. The first-order valence-corrected chi connectivity index (χ1v) is 9.22. The number of thiophene rings is 1. The summed E-state index contributed by atoms with van der Waals surface area (Å²) in [5, 5.41) is 7.94. The van der Waals surface area contributed by atoms with Gasteiger partial charge in [-0.05, 0) is 30.5 Å². The van der Waals surface area contributed by atoms with Crippen LogP contribution in [0.2, 0.25) is 0 Å². The second-order valence-corrected chi connectivity index (χ2v) is 7.73. The van der Waals surface area contributed by atoms with Gasteiger partial charge in [0.05, 0.1) is 17.1 Å². The minimum atomic E-state index is -3.71. The quantitative estimate of drug-likeness (QED) is 0.725. The van der Waals surface area contributed by atoms with E-state index in [4.69, 9.17) is 4.52 Å². The summed E-state index contributed by atoms with van der Waals surface area (Å²) in [6.07, 6.45) is 0. The molecule has 3 rings (SSSR count). The molecule has 2 aromatic heterocycles. The fourth-order valence-corrected chi connectivity index (χ4v) is 4.02. The van der Waals surface area contributed by atoms with Crippen LogP contribution in [0.1, 0.15) is 16.2 Å². The van der Waals surface area contributed by atoms with Gasteiger partial charge >= 0.3 is 0 Å². The molecule has 0 saturated carbocycles. The van der Waals surface area contributed by atoms with Crippen LogP contribution in [0.4, 0.5) is 11.4 Å². The van der Waals surface area contributed by atoms with Crippen molar-refractivity contribution >= 4 is 38.6 Å². The Bertz CT molecular complexity index is 962. The first kappa shape index (κ1) is 16.2. The highest BCUT2D eigenvalue weighted by Crippen LogP contribution is 2.26. The van der Waals surface area contributed by atoms with E-state index in [0.717, 1.165) is 11.3 Å². The zero-order valence-electron chi connectivity index (χ0n) is 12.5. The van der Waals surface area contributed by atoms with Gasteiger partial charge in [0.15, 0.2) is 0 Å². The molecular weight excluding hydrogens is 350 g/mol. The highest BCUT2D eigenvalue weighted by molar-refractivity contribution is 7.94. The second-order valence-electron chi connectivity index (χ2n) is 4.87.